The summed E-state index contributed by atoms with van der Waals surface area (Å²) in [5.74, 6) is 0. The van der Waals surface area contributed by atoms with Crippen LogP contribution in [0.15, 0.2) is 0 Å². The van der Waals surface area contributed by atoms with Gasteiger partial charge < -0.3 is 15.7 Å². The predicted octanol–water partition coefficient (Wildman–Crippen LogP) is 2.37. The molecule has 0 bridgehead atoms. The minimum Gasteiger partial charge on any atom is -0.394 e. The van der Waals surface area contributed by atoms with Gasteiger partial charge in [-0.05, 0) is 37.4 Å². The van der Waals surface area contributed by atoms with Crippen molar-refractivity contribution in [1.82, 2.24) is 10.6 Å². The van der Waals surface area contributed by atoms with Gasteiger partial charge in [0.2, 0.25) is 0 Å². The van der Waals surface area contributed by atoms with E-state index in [1.165, 1.54) is 6.42 Å². The lowest BCUT2D eigenvalue weighted by atomic mass is 9.88. The highest BCUT2D eigenvalue weighted by Crippen LogP contribution is 2.28. The summed E-state index contributed by atoms with van der Waals surface area (Å²) in [6, 6.07) is -0.0285. The molecule has 0 aliphatic heterocycles. The van der Waals surface area contributed by atoms with Crippen molar-refractivity contribution in [3.05, 3.63) is 0 Å². The number of aliphatic hydroxyl groups excluding tert-OH is 1. The van der Waals surface area contributed by atoms with Gasteiger partial charge in [-0.3, -0.25) is 0 Å². The number of rotatable bonds is 5. The molecule has 1 rings (SSSR count). The fourth-order valence-corrected chi connectivity index (χ4v) is 3.39. The maximum absolute atomic E-state index is 11.9. The minimum absolute atomic E-state index is 0.0111. The molecule has 0 heterocycles. The molecule has 3 atom stereocenters. The van der Waals surface area contributed by atoms with E-state index in [1.807, 2.05) is 11.8 Å². The third-order valence-corrected chi connectivity index (χ3v) is 4.56. The first-order valence-corrected chi connectivity index (χ1v) is 8.33. The Morgan fingerprint density at radius 1 is 1.42 bits per heavy atom. The van der Waals surface area contributed by atoms with Crippen molar-refractivity contribution in [1.29, 1.82) is 0 Å². The Balaban J connectivity index is 2.33. The fraction of sp³-hybridized carbons (Fsp3) is 0.929. The van der Waals surface area contributed by atoms with Crippen molar-refractivity contribution in [3.8, 4) is 0 Å². The number of urea groups is 1. The zero-order chi connectivity index (χ0) is 14.5. The largest absolute Gasteiger partial charge is 0.394 e. The predicted molar refractivity (Wildman–Crippen MR) is 81.6 cm³/mol. The van der Waals surface area contributed by atoms with Crippen molar-refractivity contribution >= 4 is 17.8 Å². The van der Waals surface area contributed by atoms with Gasteiger partial charge in [-0.15, -0.1) is 0 Å². The second-order valence-electron chi connectivity index (χ2n) is 6.63. The van der Waals surface area contributed by atoms with Gasteiger partial charge in [0.05, 0.1) is 12.6 Å². The maximum Gasteiger partial charge on any atom is 0.315 e. The van der Waals surface area contributed by atoms with Crippen LogP contribution in [-0.2, 0) is 0 Å². The van der Waals surface area contributed by atoms with E-state index in [4.69, 9.17) is 0 Å². The van der Waals surface area contributed by atoms with Crippen LogP contribution in [0.2, 0.25) is 0 Å². The highest BCUT2D eigenvalue weighted by Gasteiger charge is 2.26. The second kappa shape index (κ2) is 7.39. The number of carbonyl (C=O) groups excluding carboxylic acids is 1. The quantitative estimate of drug-likeness (QED) is 0.728. The van der Waals surface area contributed by atoms with Gasteiger partial charge >= 0.3 is 6.03 Å². The van der Waals surface area contributed by atoms with Crippen LogP contribution in [0, 0.1) is 5.41 Å². The molecule has 19 heavy (non-hydrogen) atoms. The van der Waals surface area contributed by atoms with E-state index < -0.39 is 0 Å². The van der Waals surface area contributed by atoms with E-state index in [0.717, 1.165) is 19.3 Å². The number of hydrogen-bond acceptors (Lipinski definition) is 3. The van der Waals surface area contributed by atoms with Crippen LogP contribution >= 0.6 is 11.8 Å². The van der Waals surface area contributed by atoms with Crippen LogP contribution in [0.25, 0.3) is 0 Å². The first-order chi connectivity index (χ1) is 8.84. The Morgan fingerprint density at radius 3 is 2.58 bits per heavy atom. The molecule has 112 valence electrons. The molecule has 0 saturated heterocycles. The van der Waals surface area contributed by atoms with Gasteiger partial charge in [0.1, 0.15) is 0 Å². The molecule has 0 radical (unpaired) electrons. The molecule has 0 aromatic carbocycles. The van der Waals surface area contributed by atoms with E-state index in [1.54, 1.807) is 0 Å². The lowest BCUT2D eigenvalue weighted by Gasteiger charge is -2.26. The molecule has 5 heteroatoms. The zero-order valence-corrected chi connectivity index (χ0v) is 13.3. The van der Waals surface area contributed by atoms with Gasteiger partial charge in [-0.25, -0.2) is 4.79 Å². The third-order valence-electron chi connectivity index (χ3n) is 3.47. The van der Waals surface area contributed by atoms with Gasteiger partial charge in [-0.1, -0.05) is 20.8 Å². The summed E-state index contributed by atoms with van der Waals surface area (Å²) in [4.78, 5) is 11.9. The number of hydrogen-bond donors (Lipinski definition) is 3. The van der Waals surface area contributed by atoms with Crippen molar-refractivity contribution in [2.75, 3.05) is 12.9 Å². The van der Waals surface area contributed by atoms with Crippen LogP contribution in [0.1, 0.15) is 46.5 Å². The number of carbonyl (C=O) groups is 1. The average molecular weight is 288 g/mol. The molecule has 0 spiro atoms. The van der Waals surface area contributed by atoms with Crippen LogP contribution in [0.5, 0.6) is 0 Å². The van der Waals surface area contributed by atoms with E-state index in [2.05, 4.69) is 37.7 Å². The molecule has 4 nitrogen and oxygen atoms in total. The van der Waals surface area contributed by atoms with E-state index in [9.17, 15) is 9.90 Å². The lowest BCUT2D eigenvalue weighted by molar-refractivity contribution is 0.189. The van der Waals surface area contributed by atoms with Crippen molar-refractivity contribution in [3.63, 3.8) is 0 Å². The molecule has 3 N–H and O–H groups in total. The first kappa shape index (κ1) is 16.6. The third kappa shape index (κ3) is 6.52. The summed E-state index contributed by atoms with van der Waals surface area (Å²) < 4.78 is 0. The highest BCUT2D eigenvalue weighted by atomic mass is 32.2. The van der Waals surface area contributed by atoms with Crippen LogP contribution < -0.4 is 10.6 Å². The van der Waals surface area contributed by atoms with Crippen LogP contribution in [0.4, 0.5) is 4.79 Å². The number of nitrogens with one attached hydrogen (secondary N) is 2. The Kier molecular flexibility index (Phi) is 6.47. The molecular formula is C14H28N2O2S. The summed E-state index contributed by atoms with van der Waals surface area (Å²) in [5, 5.41) is 15.9. The Bertz CT molecular complexity index is 292. The van der Waals surface area contributed by atoms with Crippen molar-refractivity contribution < 1.29 is 9.90 Å². The summed E-state index contributed by atoms with van der Waals surface area (Å²) in [7, 11) is 0. The Labute approximate surface area is 121 Å². The summed E-state index contributed by atoms with van der Waals surface area (Å²) in [5.41, 5.74) is 0.0952. The highest BCUT2D eigenvalue weighted by molar-refractivity contribution is 7.99. The molecule has 1 saturated carbocycles. The van der Waals surface area contributed by atoms with E-state index >= 15 is 0 Å². The summed E-state index contributed by atoms with van der Waals surface area (Å²) >= 11 is 1.88. The standard InChI is InChI=1S/C14H28N2O2S/c1-14(2,3)8-11(9-17)16-13(18)15-10-5-6-12(7-10)19-4/h10-12,17H,5-9H2,1-4H3,(H2,15,16,18). The Hall–Kier alpha value is -0.420. The van der Waals surface area contributed by atoms with Crippen LogP contribution in [0.3, 0.4) is 0 Å². The second-order valence-corrected chi connectivity index (χ2v) is 7.77. The SMILES string of the molecule is CSC1CCC(NC(=O)NC(CO)CC(C)(C)C)C1. The van der Waals surface area contributed by atoms with Gasteiger partial charge in [0.15, 0.2) is 0 Å². The molecule has 1 aliphatic carbocycles. The summed E-state index contributed by atoms with van der Waals surface area (Å²) in [6.45, 7) is 6.31. The molecule has 0 aromatic heterocycles. The van der Waals surface area contributed by atoms with Gasteiger partial charge in [0.25, 0.3) is 0 Å². The molecule has 1 fully saturated rings. The molecule has 2 amide bonds. The lowest BCUT2D eigenvalue weighted by Crippen LogP contribution is -2.48. The summed E-state index contributed by atoms with van der Waals surface area (Å²) in [6.07, 6.45) is 6.18. The smallest absolute Gasteiger partial charge is 0.315 e. The number of amides is 2. The van der Waals surface area contributed by atoms with Crippen molar-refractivity contribution in [2.24, 2.45) is 5.41 Å². The first-order valence-electron chi connectivity index (χ1n) is 7.04. The Morgan fingerprint density at radius 2 is 2.11 bits per heavy atom. The van der Waals surface area contributed by atoms with Gasteiger partial charge in [0, 0.05) is 11.3 Å². The minimum atomic E-state index is -0.169. The zero-order valence-electron chi connectivity index (χ0n) is 12.5. The maximum atomic E-state index is 11.9. The molecule has 0 aromatic rings. The topological polar surface area (TPSA) is 61.4 Å². The number of thioether (sulfide) groups is 1. The van der Waals surface area contributed by atoms with Crippen molar-refractivity contribution in [2.45, 2.75) is 63.8 Å². The van der Waals surface area contributed by atoms with E-state index in [-0.39, 0.29) is 30.1 Å². The van der Waals surface area contributed by atoms with E-state index in [0.29, 0.717) is 5.25 Å². The average Bonchev–Trinajstić information content (AvgIpc) is 2.73. The molecule has 3 unspecified atom stereocenters. The fourth-order valence-electron chi connectivity index (χ4n) is 2.60. The normalized spacial score (nSPS) is 25.1. The number of aliphatic hydroxyl groups is 1. The van der Waals surface area contributed by atoms with Gasteiger partial charge in [-0.2, -0.15) is 11.8 Å². The molecular weight excluding hydrogens is 260 g/mol. The monoisotopic (exact) mass is 288 g/mol. The molecule has 1 aliphatic rings. The van der Waals surface area contributed by atoms with Crippen LogP contribution in [-0.4, -0.2) is 41.3 Å².